The summed E-state index contributed by atoms with van der Waals surface area (Å²) in [5.41, 5.74) is 13.5. The summed E-state index contributed by atoms with van der Waals surface area (Å²) < 4.78 is 6.93. The van der Waals surface area contributed by atoms with E-state index in [0.717, 1.165) is 18.4 Å². The Kier molecular flexibility index (Phi) is 6.05. The Morgan fingerprint density at radius 1 is 1.18 bits per heavy atom. The molecule has 3 rings (SSSR count). The number of nitrogen functional groups attached to an aromatic ring is 1. The fraction of sp³-hybridized carbons (Fsp3) is 0.263. The van der Waals surface area contributed by atoms with Crippen LogP contribution < -0.4 is 16.8 Å². The van der Waals surface area contributed by atoms with E-state index < -0.39 is 12.0 Å². The molecule has 0 unspecified atom stereocenters. The van der Waals surface area contributed by atoms with Crippen molar-refractivity contribution < 1.29 is 14.3 Å². The number of imidazole rings is 1. The summed E-state index contributed by atoms with van der Waals surface area (Å²) in [5, 5.41) is 2.72. The lowest BCUT2D eigenvalue weighted by atomic mass is 10.2. The fourth-order valence-electron chi connectivity index (χ4n) is 2.74. The van der Waals surface area contributed by atoms with Crippen LogP contribution in [0.3, 0.4) is 0 Å². The smallest absolute Gasteiger partial charge is 0.407 e. The van der Waals surface area contributed by atoms with Gasteiger partial charge in [-0.05, 0) is 24.5 Å². The number of nitrogens with one attached hydrogen (secondary N) is 1. The van der Waals surface area contributed by atoms with Crippen LogP contribution in [0, 0.1) is 0 Å². The number of primary amides is 1. The molecule has 2 aromatic heterocycles. The third kappa shape index (κ3) is 4.76. The highest BCUT2D eigenvalue weighted by Crippen LogP contribution is 2.17. The van der Waals surface area contributed by atoms with E-state index in [4.69, 9.17) is 16.2 Å². The largest absolute Gasteiger partial charge is 0.445 e. The molecule has 0 atom stereocenters. The number of hydrogen-bond donors (Lipinski definition) is 3. The zero-order valence-electron chi connectivity index (χ0n) is 15.3. The quantitative estimate of drug-likeness (QED) is 0.508. The number of nitrogens with zero attached hydrogens (tertiary/aromatic N) is 3. The first-order valence-electron chi connectivity index (χ1n) is 8.90. The SMILES string of the molecule is NC(=O)c1cnc2c(c1)nc(N)n2CCCCNC(=O)OCc1ccccc1. The van der Waals surface area contributed by atoms with Gasteiger partial charge in [-0.2, -0.15) is 0 Å². The number of rotatable bonds is 8. The Morgan fingerprint density at radius 2 is 1.96 bits per heavy atom. The monoisotopic (exact) mass is 382 g/mol. The zero-order chi connectivity index (χ0) is 19.9. The minimum absolute atomic E-state index is 0.239. The number of fused-ring (bicyclic) bond motifs is 1. The molecule has 0 aliphatic rings. The number of unbranched alkanes of at least 4 members (excludes halogenated alkanes) is 1. The van der Waals surface area contributed by atoms with Gasteiger partial charge in [0.05, 0.1) is 5.56 Å². The van der Waals surface area contributed by atoms with Crippen molar-refractivity contribution in [3.63, 3.8) is 0 Å². The van der Waals surface area contributed by atoms with Gasteiger partial charge in [0.2, 0.25) is 11.9 Å². The molecule has 28 heavy (non-hydrogen) atoms. The molecule has 0 bridgehead atoms. The van der Waals surface area contributed by atoms with Crippen LogP contribution in [-0.4, -0.2) is 33.1 Å². The Hall–Kier alpha value is -3.62. The average molecular weight is 382 g/mol. The van der Waals surface area contributed by atoms with Gasteiger partial charge >= 0.3 is 6.09 Å². The van der Waals surface area contributed by atoms with Crippen LogP contribution in [0.25, 0.3) is 11.2 Å². The van der Waals surface area contributed by atoms with E-state index >= 15 is 0 Å². The van der Waals surface area contributed by atoms with Crippen molar-refractivity contribution in [3.05, 3.63) is 53.7 Å². The summed E-state index contributed by atoms with van der Waals surface area (Å²) >= 11 is 0. The highest BCUT2D eigenvalue weighted by Gasteiger charge is 2.12. The number of carbonyl (C=O) groups is 2. The normalized spacial score (nSPS) is 10.7. The number of ether oxygens (including phenoxy) is 1. The summed E-state index contributed by atoms with van der Waals surface area (Å²) in [4.78, 5) is 31.4. The molecule has 0 fully saturated rings. The molecule has 146 valence electrons. The molecule has 0 saturated heterocycles. The second-order valence-electron chi connectivity index (χ2n) is 6.25. The molecule has 9 nitrogen and oxygen atoms in total. The van der Waals surface area contributed by atoms with E-state index in [9.17, 15) is 9.59 Å². The highest BCUT2D eigenvalue weighted by atomic mass is 16.5. The van der Waals surface area contributed by atoms with Gasteiger partial charge in [0.15, 0.2) is 5.65 Å². The van der Waals surface area contributed by atoms with Gasteiger partial charge in [-0.3, -0.25) is 9.36 Å². The fourth-order valence-corrected chi connectivity index (χ4v) is 2.74. The van der Waals surface area contributed by atoms with Gasteiger partial charge in [-0.1, -0.05) is 30.3 Å². The Bertz CT molecular complexity index is 970. The standard InChI is InChI=1S/C19H22N6O3/c20-16(26)14-10-15-17(23-11-14)25(18(21)24-15)9-5-4-8-22-19(27)28-12-13-6-2-1-3-7-13/h1-3,6-7,10-11H,4-5,8-9,12H2,(H2,20,26)(H2,21,24)(H,22,27). The van der Waals surface area contributed by atoms with Crippen LogP contribution in [0.2, 0.25) is 0 Å². The Labute approximate surface area is 161 Å². The van der Waals surface area contributed by atoms with Gasteiger partial charge in [-0.15, -0.1) is 0 Å². The van der Waals surface area contributed by atoms with E-state index in [0.29, 0.717) is 30.2 Å². The number of alkyl carbamates (subject to hydrolysis) is 1. The third-order valence-electron chi connectivity index (χ3n) is 4.19. The van der Waals surface area contributed by atoms with Crippen molar-refractivity contribution in [1.82, 2.24) is 19.9 Å². The number of anilines is 1. The molecule has 2 heterocycles. The summed E-state index contributed by atoms with van der Waals surface area (Å²) in [6.45, 7) is 1.31. The molecular weight excluding hydrogens is 360 g/mol. The molecule has 2 amide bonds. The first-order chi connectivity index (χ1) is 13.5. The van der Waals surface area contributed by atoms with Crippen molar-refractivity contribution in [1.29, 1.82) is 0 Å². The number of aromatic nitrogens is 3. The maximum absolute atomic E-state index is 11.7. The molecule has 0 spiro atoms. The predicted molar refractivity (Wildman–Crippen MR) is 104 cm³/mol. The highest BCUT2D eigenvalue weighted by molar-refractivity contribution is 5.95. The van der Waals surface area contributed by atoms with Crippen LogP contribution in [-0.2, 0) is 17.9 Å². The van der Waals surface area contributed by atoms with Crippen molar-refractivity contribution in [3.8, 4) is 0 Å². The second-order valence-corrected chi connectivity index (χ2v) is 6.25. The molecule has 0 aliphatic heterocycles. The van der Waals surface area contributed by atoms with Crippen LogP contribution in [0.4, 0.5) is 10.7 Å². The third-order valence-corrected chi connectivity index (χ3v) is 4.19. The van der Waals surface area contributed by atoms with Gasteiger partial charge in [-0.25, -0.2) is 14.8 Å². The number of amides is 2. The molecule has 0 aliphatic carbocycles. The number of aryl methyl sites for hydroxylation is 1. The number of hydrogen-bond acceptors (Lipinski definition) is 6. The van der Waals surface area contributed by atoms with Crippen LogP contribution in [0.1, 0.15) is 28.8 Å². The summed E-state index contributed by atoms with van der Waals surface area (Å²) in [6.07, 6.45) is 2.46. The van der Waals surface area contributed by atoms with Gasteiger partial charge < -0.3 is 21.5 Å². The first-order valence-corrected chi connectivity index (χ1v) is 8.90. The minimum atomic E-state index is -0.562. The Morgan fingerprint density at radius 3 is 2.71 bits per heavy atom. The summed E-state index contributed by atoms with van der Waals surface area (Å²) in [7, 11) is 0. The van der Waals surface area contributed by atoms with Gasteiger partial charge in [0.1, 0.15) is 12.1 Å². The average Bonchev–Trinajstić information content (AvgIpc) is 3.01. The predicted octanol–water partition coefficient (Wildman–Crippen LogP) is 1.82. The molecule has 3 aromatic rings. The number of carbonyl (C=O) groups excluding carboxylic acids is 2. The minimum Gasteiger partial charge on any atom is -0.445 e. The van der Waals surface area contributed by atoms with Crippen LogP contribution in [0.5, 0.6) is 0 Å². The molecule has 0 radical (unpaired) electrons. The second kappa shape index (κ2) is 8.85. The molecule has 5 N–H and O–H groups in total. The lowest BCUT2D eigenvalue weighted by molar-refractivity contribution is 0.1000. The van der Waals surface area contributed by atoms with Crippen molar-refractivity contribution in [2.75, 3.05) is 12.3 Å². The van der Waals surface area contributed by atoms with E-state index in [-0.39, 0.29) is 12.2 Å². The van der Waals surface area contributed by atoms with Gasteiger partial charge in [0, 0.05) is 19.3 Å². The zero-order valence-corrected chi connectivity index (χ0v) is 15.3. The number of pyridine rings is 1. The van der Waals surface area contributed by atoms with E-state index in [1.54, 1.807) is 10.6 Å². The number of nitrogens with two attached hydrogens (primary N) is 2. The van der Waals surface area contributed by atoms with E-state index in [1.807, 2.05) is 30.3 Å². The lowest BCUT2D eigenvalue weighted by Gasteiger charge is -2.08. The Balaban J connectivity index is 1.43. The molecule has 9 heteroatoms. The number of benzene rings is 1. The first kappa shape index (κ1) is 19.2. The van der Waals surface area contributed by atoms with E-state index in [2.05, 4.69) is 15.3 Å². The molecule has 0 saturated carbocycles. The van der Waals surface area contributed by atoms with Crippen LogP contribution >= 0.6 is 0 Å². The summed E-state index contributed by atoms with van der Waals surface area (Å²) in [6, 6.07) is 11.1. The molecule has 1 aromatic carbocycles. The van der Waals surface area contributed by atoms with E-state index in [1.165, 1.54) is 6.20 Å². The van der Waals surface area contributed by atoms with Crippen LogP contribution in [0.15, 0.2) is 42.6 Å². The maximum Gasteiger partial charge on any atom is 0.407 e. The molecular formula is C19H22N6O3. The lowest BCUT2D eigenvalue weighted by Crippen LogP contribution is -2.25. The van der Waals surface area contributed by atoms with Crippen molar-refractivity contribution in [2.24, 2.45) is 5.73 Å². The van der Waals surface area contributed by atoms with Crippen molar-refractivity contribution >= 4 is 29.1 Å². The maximum atomic E-state index is 11.7. The topological polar surface area (TPSA) is 138 Å². The van der Waals surface area contributed by atoms with Crippen molar-refractivity contribution in [2.45, 2.75) is 26.0 Å². The summed E-state index contributed by atoms with van der Waals surface area (Å²) in [5.74, 6) is -0.243. The van der Waals surface area contributed by atoms with Gasteiger partial charge in [0.25, 0.3) is 0 Å².